The molecule has 158 valence electrons. The van der Waals surface area contributed by atoms with Crippen molar-refractivity contribution in [3.05, 3.63) is 0 Å². The largest absolute Gasteiger partial charge is 0.339 e. The minimum absolute atomic E-state index is 0. The summed E-state index contributed by atoms with van der Waals surface area (Å²) in [6.45, 7) is 0.396. The van der Waals surface area contributed by atoms with Crippen LogP contribution in [0.25, 0.3) is 0 Å². The van der Waals surface area contributed by atoms with E-state index in [0.717, 1.165) is 32.1 Å². The van der Waals surface area contributed by atoms with Gasteiger partial charge in [0, 0.05) is 45.7 Å². The molecule has 1 N–H and O–H groups in total. The first kappa shape index (κ1) is 22.7. The molecule has 2 heterocycles. The van der Waals surface area contributed by atoms with Crippen LogP contribution in [0.1, 0.15) is 38.5 Å². The highest BCUT2D eigenvalue weighted by molar-refractivity contribution is 7.86. The molecule has 0 bridgehead atoms. The molecule has 0 radical (unpaired) electrons. The maximum Gasteiger partial charge on any atom is 0.282 e. The molecular weight excluding hydrogens is 402 g/mol. The van der Waals surface area contributed by atoms with Crippen molar-refractivity contribution in [2.24, 2.45) is 0 Å². The van der Waals surface area contributed by atoms with E-state index in [9.17, 15) is 22.0 Å². The third-order valence-electron chi connectivity index (χ3n) is 5.74. The van der Waals surface area contributed by atoms with Crippen molar-refractivity contribution in [1.82, 2.24) is 18.8 Å². The Morgan fingerprint density at radius 3 is 2.22 bits per heavy atom. The lowest BCUT2D eigenvalue weighted by Crippen LogP contribution is -2.57. The zero-order chi connectivity index (χ0) is 18.9. The van der Waals surface area contributed by atoms with E-state index in [-0.39, 0.29) is 50.5 Å². The van der Waals surface area contributed by atoms with Gasteiger partial charge in [0.15, 0.2) is 0 Å². The summed E-state index contributed by atoms with van der Waals surface area (Å²) in [5.41, 5.74) is 0. The zero-order valence-corrected chi connectivity index (χ0v) is 17.2. The molecule has 3 aliphatic rings. The molecule has 0 aromatic rings. The van der Waals surface area contributed by atoms with Crippen molar-refractivity contribution in [2.75, 3.05) is 39.8 Å². The maximum atomic E-state index is 13.3. The highest BCUT2D eigenvalue weighted by atomic mass is 35.5. The van der Waals surface area contributed by atoms with Gasteiger partial charge in [-0.05, 0) is 12.8 Å². The second kappa shape index (κ2) is 8.86. The molecule has 1 unspecified atom stereocenters. The molecular formula is C16H29ClF2N4O3S. The quantitative estimate of drug-likeness (QED) is 0.723. The lowest BCUT2D eigenvalue weighted by Gasteiger charge is -2.39. The Hall–Kier alpha value is -0.550. The fourth-order valence-corrected chi connectivity index (χ4v) is 5.64. The van der Waals surface area contributed by atoms with Gasteiger partial charge in [-0.15, -0.1) is 12.4 Å². The van der Waals surface area contributed by atoms with Gasteiger partial charge >= 0.3 is 0 Å². The minimum Gasteiger partial charge on any atom is -0.339 e. The summed E-state index contributed by atoms with van der Waals surface area (Å²) in [5.74, 6) is -3.21. The molecule has 2 saturated heterocycles. The van der Waals surface area contributed by atoms with Gasteiger partial charge in [-0.25, -0.2) is 8.78 Å². The van der Waals surface area contributed by atoms with E-state index < -0.39 is 35.1 Å². The summed E-state index contributed by atoms with van der Waals surface area (Å²) in [5, 5.41) is 2.57. The number of nitrogens with zero attached hydrogens (tertiary/aromatic N) is 3. The minimum atomic E-state index is -3.56. The van der Waals surface area contributed by atoms with Crippen molar-refractivity contribution in [3.63, 3.8) is 0 Å². The molecule has 0 aromatic carbocycles. The number of piperazine rings is 1. The van der Waals surface area contributed by atoms with Crippen LogP contribution in [0.2, 0.25) is 0 Å². The van der Waals surface area contributed by atoms with Gasteiger partial charge in [0.1, 0.15) is 0 Å². The third kappa shape index (κ3) is 5.09. The Kier molecular flexibility index (Phi) is 7.46. The third-order valence-corrected chi connectivity index (χ3v) is 7.78. The normalized spacial score (nSPS) is 27.6. The number of rotatable bonds is 4. The van der Waals surface area contributed by atoms with E-state index in [2.05, 4.69) is 5.32 Å². The fraction of sp³-hybridized carbons (Fsp3) is 0.938. The van der Waals surface area contributed by atoms with E-state index in [1.165, 1.54) is 13.5 Å². The average Bonchev–Trinajstić information content (AvgIpc) is 3.01. The highest BCUT2D eigenvalue weighted by Crippen LogP contribution is 2.27. The Balaban J connectivity index is 0.00000261. The number of nitrogens with one attached hydrogen (secondary N) is 1. The number of alkyl halides is 2. The fourth-order valence-electron chi connectivity index (χ4n) is 4.06. The van der Waals surface area contributed by atoms with Gasteiger partial charge in [0.05, 0.1) is 12.6 Å². The van der Waals surface area contributed by atoms with Crippen LogP contribution in [0.3, 0.4) is 0 Å². The van der Waals surface area contributed by atoms with Crippen LogP contribution >= 0.6 is 12.4 Å². The van der Waals surface area contributed by atoms with Crippen molar-refractivity contribution in [3.8, 4) is 0 Å². The van der Waals surface area contributed by atoms with Gasteiger partial charge in [0.25, 0.3) is 16.1 Å². The summed E-state index contributed by atoms with van der Waals surface area (Å²) in [7, 11) is -1.92. The number of amides is 1. The molecule has 3 rings (SSSR count). The van der Waals surface area contributed by atoms with E-state index in [4.69, 9.17) is 0 Å². The molecule has 11 heteroatoms. The topological polar surface area (TPSA) is 73.0 Å². The number of carbonyl (C=O) groups excluding carboxylic acids is 1. The highest BCUT2D eigenvalue weighted by Gasteiger charge is 2.44. The second-order valence-electron chi connectivity index (χ2n) is 7.53. The molecule has 3 fully saturated rings. The summed E-state index contributed by atoms with van der Waals surface area (Å²) in [6, 6.07) is -0.837. The standard InChI is InChI=1S/C16H28F2N4O3S.ClH/c1-20(13-5-3-2-4-6-13)26(24,25)22-9-7-21(8-10-22)15(23)14-11-16(17,18)12-19-14;/h13-14,19H,2-12H2,1H3;1H. The Morgan fingerprint density at radius 2 is 1.70 bits per heavy atom. The molecule has 1 aliphatic carbocycles. The van der Waals surface area contributed by atoms with E-state index in [1.54, 1.807) is 7.05 Å². The van der Waals surface area contributed by atoms with Crippen LogP contribution in [-0.2, 0) is 15.0 Å². The van der Waals surface area contributed by atoms with E-state index >= 15 is 0 Å². The van der Waals surface area contributed by atoms with Gasteiger partial charge in [-0.3, -0.25) is 10.1 Å². The van der Waals surface area contributed by atoms with Gasteiger partial charge in [-0.1, -0.05) is 19.3 Å². The van der Waals surface area contributed by atoms with Gasteiger partial charge in [-0.2, -0.15) is 17.0 Å². The van der Waals surface area contributed by atoms with Crippen LogP contribution in [0.4, 0.5) is 8.78 Å². The summed E-state index contributed by atoms with van der Waals surface area (Å²) >= 11 is 0. The predicted molar refractivity (Wildman–Crippen MR) is 100 cm³/mol. The molecule has 1 saturated carbocycles. The Bertz CT molecular complexity index is 623. The lowest BCUT2D eigenvalue weighted by atomic mass is 9.96. The zero-order valence-electron chi connectivity index (χ0n) is 15.6. The number of halogens is 3. The van der Waals surface area contributed by atoms with Crippen molar-refractivity contribution >= 4 is 28.5 Å². The van der Waals surface area contributed by atoms with Crippen molar-refractivity contribution < 1.29 is 22.0 Å². The van der Waals surface area contributed by atoms with Crippen LogP contribution in [0.15, 0.2) is 0 Å². The molecule has 2 aliphatic heterocycles. The molecule has 0 spiro atoms. The summed E-state index contributed by atoms with van der Waals surface area (Å²) in [4.78, 5) is 13.9. The number of carbonyl (C=O) groups is 1. The first-order valence-corrected chi connectivity index (χ1v) is 10.7. The first-order chi connectivity index (χ1) is 12.2. The Labute approximate surface area is 166 Å². The van der Waals surface area contributed by atoms with Gasteiger partial charge < -0.3 is 4.90 Å². The van der Waals surface area contributed by atoms with E-state index in [1.807, 2.05) is 0 Å². The van der Waals surface area contributed by atoms with Crippen LogP contribution in [0, 0.1) is 0 Å². The summed E-state index contributed by atoms with van der Waals surface area (Å²) < 4.78 is 55.1. The van der Waals surface area contributed by atoms with Crippen LogP contribution in [0.5, 0.6) is 0 Å². The van der Waals surface area contributed by atoms with E-state index in [0.29, 0.717) is 0 Å². The van der Waals surface area contributed by atoms with Gasteiger partial charge in [0.2, 0.25) is 5.91 Å². The van der Waals surface area contributed by atoms with Crippen LogP contribution in [-0.4, -0.2) is 85.6 Å². The first-order valence-electron chi connectivity index (χ1n) is 9.34. The number of hydrogen-bond donors (Lipinski definition) is 1. The maximum absolute atomic E-state index is 13.3. The monoisotopic (exact) mass is 430 g/mol. The molecule has 1 amide bonds. The Morgan fingerprint density at radius 1 is 1.11 bits per heavy atom. The van der Waals surface area contributed by atoms with Crippen LogP contribution < -0.4 is 5.32 Å². The molecule has 0 aromatic heterocycles. The molecule has 27 heavy (non-hydrogen) atoms. The second-order valence-corrected chi connectivity index (χ2v) is 9.52. The smallest absolute Gasteiger partial charge is 0.282 e. The molecule has 1 atom stereocenters. The molecule has 7 nitrogen and oxygen atoms in total. The lowest BCUT2D eigenvalue weighted by molar-refractivity contribution is -0.134. The SMILES string of the molecule is CN(C1CCCCC1)S(=O)(=O)N1CCN(C(=O)C2CC(F)(F)CN2)CC1.Cl. The number of hydrogen-bond acceptors (Lipinski definition) is 4. The average molecular weight is 431 g/mol. The predicted octanol–water partition coefficient (Wildman–Crippen LogP) is 1.06. The van der Waals surface area contributed by atoms with Crippen molar-refractivity contribution in [2.45, 2.75) is 56.5 Å². The van der Waals surface area contributed by atoms with Crippen molar-refractivity contribution in [1.29, 1.82) is 0 Å². The summed E-state index contributed by atoms with van der Waals surface area (Å²) in [6.07, 6.45) is 4.53.